The van der Waals surface area contributed by atoms with E-state index < -0.39 is 17.8 Å². The van der Waals surface area contributed by atoms with Gasteiger partial charge in [-0.3, -0.25) is 9.59 Å². The summed E-state index contributed by atoms with van der Waals surface area (Å²) in [5.74, 6) is 0.442. The molecule has 0 unspecified atom stereocenters. The topological polar surface area (TPSA) is 55.4 Å². The van der Waals surface area contributed by atoms with Gasteiger partial charge >= 0.3 is 5.97 Å². The van der Waals surface area contributed by atoms with Crippen LogP contribution in [0.1, 0.15) is 6.92 Å². The summed E-state index contributed by atoms with van der Waals surface area (Å²) in [5.41, 5.74) is 0. The molecule has 0 radical (unpaired) electrons. The lowest BCUT2D eigenvalue weighted by molar-refractivity contribution is -0.149. The molecule has 0 saturated heterocycles. The Morgan fingerprint density at radius 3 is 2.67 bits per heavy atom. The second-order valence-corrected chi connectivity index (χ2v) is 2.17. The van der Waals surface area contributed by atoms with Crippen molar-refractivity contribution in [1.29, 1.82) is 0 Å². The molecule has 0 heterocycles. The number of carbonyl (C=O) groups is 2. The molecule has 66 valence electrons. The zero-order chi connectivity index (χ0) is 9.56. The molecule has 0 aromatic carbocycles. The van der Waals surface area contributed by atoms with Crippen molar-refractivity contribution in [2.75, 3.05) is 13.7 Å². The van der Waals surface area contributed by atoms with Crippen molar-refractivity contribution in [1.82, 2.24) is 5.32 Å². The summed E-state index contributed by atoms with van der Waals surface area (Å²) < 4.78 is 4.36. The third kappa shape index (κ3) is 3.06. The van der Waals surface area contributed by atoms with Gasteiger partial charge in [-0.25, -0.2) is 0 Å². The highest BCUT2D eigenvalue weighted by Crippen LogP contribution is 1.96. The second kappa shape index (κ2) is 5.19. The van der Waals surface area contributed by atoms with Crippen LogP contribution in [0.2, 0.25) is 0 Å². The zero-order valence-corrected chi connectivity index (χ0v) is 7.09. The fraction of sp³-hybridized carbons (Fsp3) is 0.500. The number of ether oxygens (including phenoxy) is 1. The Hall–Kier alpha value is -1.50. The normalized spacial score (nSPS) is 11.1. The van der Waals surface area contributed by atoms with Crippen LogP contribution in [0.3, 0.4) is 0 Å². The molecule has 0 aliphatic rings. The number of methoxy groups -OCH3 is 1. The van der Waals surface area contributed by atoms with Crippen molar-refractivity contribution in [3.05, 3.63) is 0 Å². The van der Waals surface area contributed by atoms with Crippen LogP contribution in [0, 0.1) is 18.3 Å². The standard InChI is InChI=1S/C8H11NO3/c1-4-5-9-7(10)6(2)8(11)12-3/h1,6H,5H2,2-3H3,(H,9,10)/t6-/m1/s1. The molecule has 0 aromatic rings. The van der Waals surface area contributed by atoms with Crippen LogP contribution in [0.25, 0.3) is 0 Å². The number of carbonyl (C=O) groups excluding carboxylic acids is 2. The predicted molar refractivity (Wildman–Crippen MR) is 43.0 cm³/mol. The van der Waals surface area contributed by atoms with Gasteiger partial charge < -0.3 is 10.1 Å². The van der Waals surface area contributed by atoms with Crippen molar-refractivity contribution in [2.45, 2.75) is 6.92 Å². The van der Waals surface area contributed by atoms with Crippen molar-refractivity contribution >= 4 is 11.9 Å². The minimum atomic E-state index is -0.802. The van der Waals surface area contributed by atoms with Crippen LogP contribution in [0.15, 0.2) is 0 Å². The lowest BCUT2D eigenvalue weighted by atomic mass is 10.2. The number of esters is 1. The van der Waals surface area contributed by atoms with Crippen molar-refractivity contribution in [2.24, 2.45) is 5.92 Å². The Bertz CT molecular complexity index is 217. The summed E-state index contributed by atoms with van der Waals surface area (Å²) in [6, 6.07) is 0. The molecule has 4 heteroatoms. The van der Waals surface area contributed by atoms with E-state index in [1.165, 1.54) is 14.0 Å². The Labute approximate surface area is 71.3 Å². The first kappa shape index (κ1) is 10.5. The van der Waals surface area contributed by atoms with Gasteiger partial charge in [-0.05, 0) is 6.92 Å². The molecule has 12 heavy (non-hydrogen) atoms. The molecule has 0 bridgehead atoms. The number of hydrogen-bond donors (Lipinski definition) is 1. The highest BCUT2D eigenvalue weighted by molar-refractivity contribution is 5.97. The van der Waals surface area contributed by atoms with Crippen LogP contribution in [0.4, 0.5) is 0 Å². The Morgan fingerprint density at radius 2 is 2.25 bits per heavy atom. The molecule has 0 fully saturated rings. The first-order chi connectivity index (χ1) is 5.63. The molecule has 1 amide bonds. The molecule has 1 atom stereocenters. The van der Waals surface area contributed by atoms with E-state index in [-0.39, 0.29) is 6.54 Å². The van der Waals surface area contributed by atoms with Gasteiger partial charge in [-0.15, -0.1) is 6.42 Å². The summed E-state index contributed by atoms with van der Waals surface area (Å²) >= 11 is 0. The molecular formula is C8H11NO3. The van der Waals surface area contributed by atoms with E-state index in [1.54, 1.807) is 0 Å². The van der Waals surface area contributed by atoms with Crippen LogP contribution < -0.4 is 5.32 Å². The summed E-state index contributed by atoms with van der Waals surface area (Å²) in [4.78, 5) is 21.8. The summed E-state index contributed by atoms with van der Waals surface area (Å²) in [6.45, 7) is 1.58. The first-order valence-electron chi connectivity index (χ1n) is 3.42. The summed E-state index contributed by atoms with van der Waals surface area (Å²) in [5, 5.41) is 2.37. The van der Waals surface area contributed by atoms with Gasteiger partial charge in [-0.1, -0.05) is 5.92 Å². The molecule has 0 aliphatic heterocycles. The molecule has 4 nitrogen and oxygen atoms in total. The molecular weight excluding hydrogens is 158 g/mol. The minimum absolute atomic E-state index is 0.125. The molecule has 0 spiro atoms. The number of amides is 1. The Morgan fingerprint density at radius 1 is 1.67 bits per heavy atom. The van der Waals surface area contributed by atoms with E-state index in [9.17, 15) is 9.59 Å². The molecule has 1 N–H and O–H groups in total. The zero-order valence-electron chi connectivity index (χ0n) is 7.09. The third-order valence-corrected chi connectivity index (χ3v) is 1.31. The molecule has 0 rings (SSSR count). The van der Waals surface area contributed by atoms with E-state index in [1.807, 2.05) is 0 Å². The Balaban J connectivity index is 3.94. The monoisotopic (exact) mass is 169 g/mol. The molecule has 0 aromatic heterocycles. The van der Waals surface area contributed by atoms with E-state index in [4.69, 9.17) is 6.42 Å². The first-order valence-corrected chi connectivity index (χ1v) is 3.42. The van der Waals surface area contributed by atoms with Gasteiger partial charge in [0.05, 0.1) is 13.7 Å². The second-order valence-electron chi connectivity index (χ2n) is 2.17. The van der Waals surface area contributed by atoms with E-state index in [0.717, 1.165) is 0 Å². The third-order valence-electron chi connectivity index (χ3n) is 1.31. The smallest absolute Gasteiger partial charge is 0.317 e. The molecule has 0 aliphatic carbocycles. The predicted octanol–water partition coefficient (Wildman–Crippen LogP) is -0.455. The fourth-order valence-corrected chi connectivity index (χ4v) is 0.575. The minimum Gasteiger partial charge on any atom is -0.468 e. The number of rotatable bonds is 3. The largest absolute Gasteiger partial charge is 0.468 e. The van der Waals surface area contributed by atoms with Gasteiger partial charge in [-0.2, -0.15) is 0 Å². The highest BCUT2D eigenvalue weighted by Gasteiger charge is 2.20. The fourth-order valence-electron chi connectivity index (χ4n) is 0.575. The molecule has 0 saturated carbocycles. The quantitative estimate of drug-likeness (QED) is 0.353. The van der Waals surface area contributed by atoms with Crippen LogP contribution in [-0.2, 0) is 14.3 Å². The summed E-state index contributed by atoms with van der Waals surface area (Å²) in [7, 11) is 1.23. The number of terminal acetylenes is 1. The van der Waals surface area contributed by atoms with Gasteiger partial charge in [0.1, 0.15) is 5.92 Å². The average Bonchev–Trinajstić information content (AvgIpc) is 2.11. The van der Waals surface area contributed by atoms with Crippen LogP contribution in [-0.4, -0.2) is 25.5 Å². The van der Waals surface area contributed by atoms with Gasteiger partial charge in [0.15, 0.2) is 0 Å². The van der Waals surface area contributed by atoms with Crippen LogP contribution >= 0.6 is 0 Å². The number of hydrogen-bond acceptors (Lipinski definition) is 3. The lowest BCUT2D eigenvalue weighted by Crippen LogP contribution is -2.34. The van der Waals surface area contributed by atoms with E-state index in [0.29, 0.717) is 0 Å². The van der Waals surface area contributed by atoms with Crippen molar-refractivity contribution < 1.29 is 14.3 Å². The van der Waals surface area contributed by atoms with Gasteiger partial charge in [0.2, 0.25) is 5.91 Å². The van der Waals surface area contributed by atoms with Crippen molar-refractivity contribution in [3.63, 3.8) is 0 Å². The summed E-state index contributed by atoms with van der Waals surface area (Å²) in [6.07, 6.45) is 4.90. The SMILES string of the molecule is C#CCNC(=O)[C@@H](C)C(=O)OC. The van der Waals surface area contributed by atoms with Crippen LogP contribution in [0.5, 0.6) is 0 Å². The average molecular weight is 169 g/mol. The van der Waals surface area contributed by atoms with E-state index >= 15 is 0 Å². The maximum atomic E-state index is 11.0. The lowest BCUT2D eigenvalue weighted by Gasteiger charge is -2.07. The Kier molecular flexibility index (Phi) is 4.54. The van der Waals surface area contributed by atoms with Gasteiger partial charge in [0, 0.05) is 0 Å². The van der Waals surface area contributed by atoms with E-state index in [2.05, 4.69) is 16.0 Å². The maximum absolute atomic E-state index is 11.0. The highest BCUT2D eigenvalue weighted by atomic mass is 16.5. The number of nitrogens with one attached hydrogen (secondary N) is 1. The van der Waals surface area contributed by atoms with Crippen molar-refractivity contribution in [3.8, 4) is 12.3 Å². The van der Waals surface area contributed by atoms with Gasteiger partial charge in [0.25, 0.3) is 0 Å². The maximum Gasteiger partial charge on any atom is 0.317 e.